The summed E-state index contributed by atoms with van der Waals surface area (Å²) < 4.78 is 16.5. The second-order valence-electron chi connectivity index (χ2n) is 6.66. The fourth-order valence-electron chi connectivity index (χ4n) is 3.78. The van der Waals surface area contributed by atoms with Gasteiger partial charge < -0.3 is 18.9 Å². The van der Waals surface area contributed by atoms with Crippen molar-refractivity contribution in [3.63, 3.8) is 0 Å². The molecule has 122 valence electrons. The van der Waals surface area contributed by atoms with Gasteiger partial charge in [-0.15, -0.1) is 0 Å². The van der Waals surface area contributed by atoms with Crippen LogP contribution in [0.25, 0.3) is 0 Å². The Hall–Kier alpha value is -1.40. The van der Waals surface area contributed by atoms with E-state index in [9.17, 15) is 4.79 Å². The number of nitrogens with zero attached hydrogens (tertiary/aromatic N) is 2. The maximum Gasteiger partial charge on any atom is 0.233 e. The van der Waals surface area contributed by atoms with Crippen LogP contribution in [0.2, 0.25) is 0 Å². The summed E-state index contributed by atoms with van der Waals surface area (Å²) in [7, 11) is 0. The Balaban J connectivity index is 1.88. The molecule has 0 saturated carbocycles. The van der Waals surface area contributed by atoms with Crippen LogP contribution in [-0.2, 0) is 19.7 Å². The summed E-state index contributed by atoms with van der Waals surface area (Å²) in [6.45, 7) is 10.1. The molecule has 1 amide bonds. The zero-order valence-electron chi connectivity index (χ0n) is 13.7. The van der Waals surface area contributed by atoms with Crippen molar-refractivity contribution in [3.05, 3.63) is 17.0 Å². The number of hydrogen-bond donors (Lipinski definition) is 0. The van der Waals surface area contributed by atoms with Crippen LogP contribution in [0, 0.1) is 13.8 Å². The minimum atomic E-state index is -0.658. The van der Waals surface area contributed by atoms with Gasteiger partial charge in [-0.1, -0.05) is 5.16 Å². The van der Waals surface area contributed by atoms with Crippen LogP contribution in [0.4, 0.5) is 0 Å². The van der Waals surface area contributed by atoms with Crippen LogP contribution < -0.4 is 0 Å². The van der Waals surface area contributed by atoms with Crippen molar-refractivity contribution in [2.24, 2.45) is 0 Å². The highest BCUT2D eigenvalue weighted by Crippen LogP contribution is 2.33. The van der Waals surface area contributed by atoms with Gasteiger partial charge in [-0.3, -0.25) is 4.79 Å². The molecule has 6 nitrogen and oxygen atoms in total. The number of rotatable bonds is 2. The first-order valence-electron chi connectivity index (χ1n) is 7.86. The van der Waals surface area contributed by atoms with E-state index in [0.29, 0.717) is 32.1 Å². The average molecular weight is 308 g/mol. The molecule has 2 fully saturated rings. The summed E-state index contributed by atoms with van der Waals surface area (Å²) >= 11 is 0. The largest absolute Gasteiger partial charge is 0.379 e. The SMILES string of the molecule is Cc1noc(C)c1C(C)(C)C(=O)N1CCO[C@@H]2COCC[C@@H]21. The highest BCUT2D eigenvalue weighted by molar-refractivity contribution is 5.88. The number of carbonyl (C=O) groups is 1. The Kier molecular flexibility index (Phi) is 3.99. The van der Waals surface area contributed by atoms with Crippen molar-refractivity contribution in [1.29, 1.82) is 0 Å². The molecular formula is C16H24N2O4. The molecule has 0 aliphatic carbocycles. The average Bonchev–Trinajstić information content (AvgIpc) is 2.85. The Bertz CT molecular complexity index is 545. The van der Waals surface area contributed by atoms with Crippen LogP contribution >= 0.6 is 0 Å². The van der Waals surface area contributed by atoms with E-state index < -0.39 is 5.41 Å². The summed E-state index contributed by atoms with van der Waals surface area (Å²) in [6.07, 6.45) is 0.820. The number of aryl methyl sites for hydroxylation is 2. The molecule has 0 bridgehead atoms. The van der Waals surface area contributed by atoms with Gasteiger partial charge in [-0.25, -0.2) is 0 Å². The monoisotopic (exact) mass is 308 g/mol. The van der Waals surface area contributed by atoms with Crippen LogP contribution in [0.15, 0.2) is 4.52 Å². The normalized spacial score (nSPS) is 25.9. The first-order chi connectivity index (χ1) is 10.4. The molecule has 1 aromatic heterocycles. The molecular weight excluding hydrogens is 284 g/mol. The van der Waals surface area contributed by atoms with Crippen molar-refractivity contribution in [2.45, 2.75) is 51.7 Å². The van der Waals surface area contributed by atoms with Gasteiger partial charge in [0.15, 0.2) is 0 Å². The lowest BCUT2D eigenvalue weighted by Crippen LogP contribution is -2.60. The number of ether oxygens (including phenoxy) is 2. The lowest BCUT2D eigenvalue weighted by Gasteiger charge is -2.46. The number of morpholine rings is 1. The van der Waals surface area contributed by atoms with Crippen molar-refractivity contribution >= 4 is 5.91 Å². The molecule has 1 aromatic rings. The van der Waals surface area contributed by atoms with E-state index in [2.05, 4.69) is 5.16 Å². The van der Waals surface area contributed by atoms with Crippen LogP contribution in [0.5, 0.6) is 0 Å². The second-order valence-corrected chi connectivity index (χ2v) is 6.66. The Morgan fingerprint density at radius 1 is 1.32 bits per heavy atom. The molecule has 2 atom stereocenters. The van der Waals surface area contributed by atoms with E-state index in [1.54, 1.807) is 0 Å². The minimum absolute atomic E-state index is 0.00748. The molecule has 0 unspecified atom stereocenters. The second kappa shape index (κ2) is 5.66. The number of amides is 1. The zero-order valence-corrected chi connectivity index (χ0v) is 13.7. The Morgan fingerprint density at radius 2 is 2.09 bits per heavy atom. The molecule has 2 aliphatic heterocycles. The molecule has 2 aliphatic rings. The smallest absolute Gasteiger partial charge is 0.233 e. The first-order valence-corrected chi connectivity index (χ1v) is 7.86. The maximum absolute atomic E-state index is 13.2. The quantitative estimate of drug-likeness (QED) is 0.830. The molecule has 2 saturated heterocycles. The van der Waals surface area contributed by atoms with Crippen molar-refractivity contribution in [1.82, 2.24) is 10.1 Å². The summed E-state index contributed by atoms with van der Waals surface area (Å²) in [5.41, 5.74) is 1.02. The van der Waals surface area contributed by atoms with Crippen LogP contribution in [0.1, 0.15) is 37.3 Å². The van der Waals surface area contributed by atoms with Crippen LogP contribution in [0.3, 0.4) is 0 Å². The standard InChI is InChI=1S/C16H24N2O4/c1-10-14(11(2)22-17-10)16(3,4)15(19)18-6-8-21-13-9-20-7-5-12(13)18/h12-13H,5-9H2,1-4H3/t12-,13+/m0/s1. The highest BCUT2D eigenvalue weighted by atomic mass is 16.5. The predicted molar refractivity (Wildman–Crippen MR) is 79.7 cm³/mol. The Morgan fingerprint density at radius 3 is 2.77 bits per heavy atom. The molecule has 3 rings (SSSR count). The van der Waals surface area contributed by atoms with Gasteiger partial charge in [0.25, 0.3) is 0 Å². The number of carbonyl (C=O) groups excluding carboxylic acids is 1. The first kappa shape index (κ1) is 15.5. The fourth-order valence-corrected chi connectivity index (χ4v) is 3.78. The molecule has 6 heteroatoms. The summed E-state index contributed by atoms with van der Waals surface area (Å²) in [5.74, 6) is 0.828. The van der Waals surface area contributed by atoms with Gasteiger partial charge in [-0.05, 0) is 34.1 Å². The van der Waals surface area contributed by atoms with Crippen molar-refractivity contribution < 1.29 is 18.8 Å². The number of hydrogen-bond acceptors (Lipinski definition) is 5. The molecule has 0 aromatic carbocycles. The fraction of sp³-hybridized carbons (Fsp3) is 0.750. The van der Waals surface area contributed by atoms with E-state index >= 15 is 0 Å². The number of aromatic nitrogens is 1. The van der Waals surface area contributed by atoms with Gasteiger partial charge in [-0.2, -0.15) is 0 Å². The van der Waals surface area contributed by atoms with E-state index in [1.165, 1.54) is 0 Å². The number of fused-ring (bicyclic) bond motifs is 1. The molecule has 0 N–H and O–H groups in total. The van der Waals surface area contributed by atoms with Gasteiger partial charge in [0.05, 0.1) is 30.4 Å². The third-order valence-corrected chi connectivity index (χ3v) is 4.79. The third kappa shape index (κ3) is 2.44. The van der Waals surface area contributed by atoms with Gasteiger partial charge in [0.2, 0.25) is 5.91 Å². The van der Waals surface area contributed by atoms with Crippen molar-refractivity contribution in [3.8, 4) is 0 Å². The van der Waals surface area contributed by atoms with Gasteiger partial charge >= 0.3 is 0 Å². The van der Waals surface area contributed by atoms with E-state index in [1.807, 2.05) is 32.6 Å². The van der Waals surface area contributed by atoms with E-state index in [-0.39, 0.29) is 18.1 Å². The van der Waals surface area contributed by atoms with E-state index in [4.69, 9.17) is 14.0 Å². The minimum Gasteiger partial charge on any atom is -0.379 e. The highest BCUT2D eigenvalue weighted by Gasteiger charge is 2.44. The maximum atomic E-state index is 13.2. The molecule has 3 heterocycles. The third-order valence-electron chi connectivity index (χ3n) is 4.79. The van der Waals surface area contributed by atoms with Crippen LogP contribution in [-0.4, -0.2) is 54.5 Å². The summed E-state index contributed by atoms with van der Waals surface area (Å²) in [6, 6.07) is 0.106. The zero-order chi connectivity index (χ0) is 15.9. The molecule has 22 heavy (non-hydrogen) atoms. The lowest BCUT2D eigenvalue weighted by atomic mass is 9.81. The molecule has 0 radical (unpaired) electrons. The topological polar surface area (TPSA) is 64.8 Å². The predicted octanol–water partition coefficient (Wildman–Crippen LogP) is 1.59. The summed E-state index contributed by atoms with van der Waals surface area (Å²) in [5, 5.41) is 4.00. The Labute approximate surface area is 130 Å². The lowest BCUT2D eigenvalue weighted by molar-refractivity contribution is -0.166. The molecule has 0 spiro atoms. The van der Waals surface area contributed by atoms with Gasteiger partial charge in [0, 0.05) is 18.7 Å². The van der Waals surface area contributed by atoms with Crippen molar-refractivity contribution in [2.75, 3.05) is 26.4 Å². The van der Waals surface area contributed by atoms with Gasteiger partial charge in [0.1, 0.15) is 11.9 Å². The summed E-state index contributed by atoms with van der Waals surface area (Å²) in [4.78, 5) is 15.2. The van der Waals surface area contributed by atoms with E-state index in [0.717, 1.165) is 17.7 Å².